The van der Waals surface area contributed by atoms with Gasteiger partial charge in [-0.3, -0.25) is 0 Å². The fourth-order valence-electron chi connectivity index (χ4n) is 1.36. The minimum absolute atomic E-state index is 0.108. The lowest BCUT2D eigenvalue weighted by Gasteiger charge is -2.14. The molecule has 0 bridgehead atoms. The van der Waals surface area contributed by atoms with Gasteiger partial charge in [-0.15, -0.1) is 0 Å². The number of aromatic nitrogens is 2. The van der Waals surface area contributed by atoms with E-state index in [1.807, 2.05) is 0 Å². The van der Waals surface area contributed by atoms with Crippen LogP contribution in [0.5, 0.6) is 0 Å². The summed E-state index contributed by atoms with van der Waals surface area (Å²) >= 11 is 0. The van der Waals surface area contributed by atoms with Gasteiger partial charge in [0.15, 0.2) is 0 Å². The van der Waals surface area contributed by atoms with Crippen LogP contribution in [0.1, 0.15) is 12.2 Å². The standard InChI is InChI=1S/C10H16N4O5S/c1-20(18,19)5-2-7(9(15)16)14-10(17)13-6-8-11-3-4-12-8/h3-4,7H,2,5-6H2,1H3,(H,11,12)(H,15,16)(H2,13,14,17). The third kappa shape index (κ3) is 6.18. The number of carboxylic acids is 1. The molecule has 0 saturated carbocycles. The van der Waals surface area contributed by atoms with Gasteiger partial charge in [-0.2, -0.15) is 0 Å². The number of urea groups is 1. The summed E-state index contributed by atoms with van der Waals surface area (Å²) < 4.78 is 22.0. The van der Waals surface area contributed by atoms with Crippen molar-refractivity contribution in [3.8, 4) is 0 Å². The Kier molecular flexibility index (Phi) is 5.50. The van der Waals surface area contributed by atoms with Crippen molar-refractivity contribution in [3.05, 3.63) is 18.2 Å². The Morgan fingerprint density at radius 3 is 2.70 bits per heavy atom. The number of aromatic amines is 1. The van der Waals surface area contributed by atoms with Gasteiger partial charge in [0, 0.05) is 18.6 Å². The van der Waals surface area contributed by atoms with E-state index in [1.165, 1.54) is 6.20 Å². The molecule has 1 aromatic heterocycles. The maximum absolute atomic E-state index is 11.5. The van der Waals surface area contributed by atoms with E-state index < -0.39 is 27.9 Å². The molecule has 0 saturated heterocycles. The number of aliphatic carboxylic acids is 1. The quantitative estimate of drug-likeness (QED) is 0.514. The van der Waals surface area contributed by atoms with E-state index in [2.05, 4.69) is 20.6 Å². The first kappa shape index (κ1) is 16.0. The number of nitrogens with one attached hydrogen (secondary N) is 3. The number of sulfone groups is 1. The fourth-order valence-corrected chi connectivity index (χ4v) is 2.02. The van der Waals surface area contributed by atoms with Crippen molar-refractivity contribution in [2.45, 2.75) is 19.0 Å². The first-order chi connectivity index (χ1) is 9.28. The summed E-state index contributed by atoms with van der Waals surface area (Å²) in [5.74, 6) is -1.09. The molecule has 1 unspecified atom stereocenters. The highest BCUT2D eigenvalue weighted by molar-refractivity contribution is 7.90. The van der Waals surface area contributed by atoms with Crippen molar-refractivity contribution in [2.75, 3.05) is 12.0 Å². The van der Waals surface area contributed by atoms with Crippen molar-refractivity contribution >= 4 is 21.8 Å². The number of imidazole rings is 1. The van der Waals surface area contributed by atoms with Gasteiger partial charge in [0.1, 0.15) is 21.7 Å². The zero-order valence-electron chi connectivity index (χ0n) is 10.8. The summed E-state index contributed by atoms with van der Waals surface area (Å²) in [5, 5.41) is 13.5. The van der Waals surface area contributed by atoms with E-state index in [-0.39, 0.29) is 18.7 Å². The maximum Gasteiger partial charge on any atom is 0.326 e. The Morgan fingerprint density at radius 2 is 2.20 bits per heavy atom. The van der Waals surface area contributed by atoms with Crippen LogP contribution in [0.2, 0.25) is 0 Å². The molecule has 1 atom stereocenters. The van der Waals surface area contributed by atoms with Gasteiger partial charge in [-0.05, 0) is 6.42 Å². The summed E-state index contributed by atoms with van der Waals surface area (Å²) in [6.45, 7) is 0.108. The van der Waals surface area contributed by atoms with E-state index >= 15 is 0 Å². The zero-order chi connectivity index (χ0) is 15.2. The van der Waals surface area contributed by atoms with E-state index in [0.29, 0.717) is 5.82 Å². The van der Waals surface area contributed by atoms with Gasteiger partial charge >= 0.3 is 12.0 Å². The number of hydrogen-bond donors (Lipinski definition) is 4. The Hall–Kier alpha value is -2.10. The minimum atomic E-state index is -3.29. The van der Waals surface area contributed by atoms with E-state index in [4.69, 9.17) is 5.11 Å². The van der Waals surface area contributed by atoms with Gasteiger partial charge < -0.3 is 20.7 Å². The molecule has 0 fully saturated rings. The molecule has 1 rings (SSSR count). The molecule has 0 aliphatic carbocycles. The van der Waals surface area contributed by atoms with Crippen LogP contribution in [0, 0.1) is 0 Å². The molecule has 2 amide bonds. The van der Waals surface area contributed by atoms with Crippen LogP contribution in [0.15, 0.2) is 12.4 Å². The van der Waals surface area contributed by atoms with E-state index in [1.54, 1.807) is 6.20 Å². The molecule has 0 spiro atoms. The number of nitrogens with zero attached hydrogens (tertiary/aromatic N) is 1. The number of carbonyl (C=O) groups is 2. The van der Waals surface area contributed by atoms with Crippen LogP contribution in [0.3, 0.4) is 0 Å². The van der Waals surface area contributed by atoms with Crippen molar-refractivity contribution in [1.29, 1.82) is 0 Å². The molecule has 1 heterocycles. The second-order valence-electron chi connectivity index (χ2n) is 4.17. The second kappa shape index (κ2) is 6.89. The molecule has 0 aliphatic heterocycles. The van der Waals surface area contributed by atoms with Crippen LogP contribution in [-0.2, 0) is 21.2 Å². The highest BCUT2D eigenvalue weighted by Gasteiger charge is 2.21. The maximum atomic E-state index is 11.5. The van der Waals surface area contributed by atoms with Gasteiger partial charge in [-0.1, -0.05) is 0 Å². The lowest BCUT2D eigenvalue weighted by molar-refractivity contribution is -0.139. The van der Waals surface area contributed by atoms with Crippen LogP contribution < -0.4 is 10.6 Å². The lowest BCUT2D eigenvalue weighted by Crippen LogP contribution is -2.46. The topological polar surface area (TPSA) is 141 Å². The van der Waals surface area contributed by atoms with Crippen LogP contribution >= 0.6 is 0 Å². The molecule has 0 radical (unpaired) electrons. The summed E-state index contributed by atoms with van der Waals surface area (Å²) in [4.78, 5) is 29.1. The zero-order valence-corrected chi connectivity index (χ0v) is 11.6. The predicted molar refractivity (Wildman–Crippen MR) is 69.7 cm³/mol. The summed E-state index contributed by atoms with van der Waals surface area (Å²) in [6.07, 6.45) is 3.91. The number of H-pyrrole nitrogens is 1. The predicted octanol–water partition coefficient (Wildman–Crippen LogP) is -0.903. The Balaban J connectivity index is 2.44. The molecule has 10 heteroatoms. The van der Waals surface area contributed by atoms with Crippen LogP contribution in [-0.4, -0.2) is 53.5 Å². The highest BCUT2D eigenvalue weighted by atomic mass is 32.2. The molecule has 0 aromatic carbocycles. The van der Waals surface area contributed by atoms with Crippen molar-refractivity contribution in [1.82, 2.24) is 20.6 Å². The molecular weight excluding hydrogens is 288 g/mol. The number of hydrogen-bond acceptors (Lipinski definition) is 5. The van der Waals surface area contributed by atoms with Gasteiger partial charge in [0.25, 0.3) is 0 Å². The third-order valence-corrected chi connectivity index (χ3v) is 3.33. The molecule has 9 nitrogen and oxygen atoms in total. The number of amides is 2. The molecule has 20 heavy (non-hydrogen) atoms. The third-order valence-electron chi connectivity index (χ3n) is 2.35. The molecule has 4 N–H and O–H groups in total. The Morgan fingerprint density at radius 1 is 1.50 bits per heavy atom. The van der Waals surface area contributed by atoms with Gasteiger partial charge in [-0.25, -0.2) is 23.0 Å². The highest BCUT2D eigenvalue weighted by Crippen LogP contribution is 1.97. The van der Waals surface area contributed by atoms with Gasteiger partial charge in [0.2, 0.25) is 0 Å². The van der Waals surface area contributed by atoms with Gasteiger partial charge in [0.05, 0.1) is 12.3 Å². The summed E-state index contributed by atoms with van der Waals surface area (Å²) in [6, 6.07) is -1.97. The van der Waals surface area contributed by atoms with Crippen molar-refractivity contribution < 1.29 is 23.1 Å². The lowest BCUT2D eigenvalue weighted by atomic mass is 10.2. The largest absolute Gasteiger partial charge is 0.480 e. The fraction of sp³-hybridized carbons (Fsp3) is 0.500. The normalized spacial score (nSPS) is 12.7. The van der Waals surface area contributed by atoms with E-state index in [9.17, 15) is 18.0 Å². The van der Waals surface area contributed by atoms with Crippen LogP contribution in [0.25, 0.3) is 0 Å². The van der Waals surface area contributed by atoms with Crippen molar-refractivity contribution in [2.24, 2.45) is 0 Å². The Bertz CT molecular complexity index is 554. The first-order valence-corrected chi connectivity index (χ1v) is 7.77. The van der Waals surface area contributed by atoms with Crippen LogP contribution in [0.4, 0.5) is 4.79 Å². The molecule has 0 aliphatic rings. The monoisotopic (exact) mass is 304 g/mol. The molecular formula is C10H16N4O5S. The summed E-state index contributed by atoms with van der Waals surface area (Å²) in [7, 11) is -3.29. The number of rotatable bonds is 7. The average molecular weight is 304 g/mol. The second-order valence-corrected chi connectivity index (χ2v) is 6.43. The van der Waals surface area contributed by atoms with Crippen molar-refractivity contribution in [3.63, 3.8) is 0 Å². The summed E-state index contributed by atoms with van der Waals surface area (Å²) in [5.41, 5.74) is 0. The molecule has 112 valence electrons. The van der Waals surface area contributed by atoms with E-state index in [0.717, 1.165) is 6.26 Å². The number of carbonyl (C=O) groups excluding carboxylic acids is 1. The Labute approximate surface area is 115 Å². The average Bonchev–Trinajstić information content (AvgIpc) is 2.83. The molecule has 1 aromatic rings. The SMILES string of the molecule is CS(=O)(=O)CCC(NC(=O)NCc1ncc[nH]1)C(=O)O. The minimum Gasteiger partial charge on any atom is -0.480 e. The number of carboxylic acid groups (broad SMARTS) is 1. The first-order valence-electron chi connectivity index (χ1n) is 5.71. The smallest absolute Gasteiger partial charge is 0.326 e.